The van der Waals surface area contributed by atoms with Gasteiger partial charge in [0, 0.05) is 0 Å². The molecule has 1 rings (SSSR count). The molecule has 0 aromatic heterocycles. The van der Waals surface area contributed by atoms with Crippen LogP contribution >= 0.6 is 0 Å². The maximum Gasteiger partial charge on any atom is 0.407 e. The number of amides is 1. The lowest BCUT2D eigenvalue weighted by Gasteiger charge is -2.21. The first-order valence-electron chi connectivity index (χ1n) is 6.95. The molecule has 0 aliphatic rings. The summed E-state index contributed by atoms with van der Waals surface area (Å²) in [5.74, 6) is -0.320. The first-order chi connectivity index (χ1) is 9.76. The van der Waals surface area contributed by atoms with Gasteiger partial charge in [0.15, 0.2) is 0 Å². The fourth-order valence-electron chi connectivity index (χ4n) is 1.58. The van der Waals surface area contributed by atoms with Gasteiger partial charge < -0.3 is 14.8 Å². The van der Waals surface area contributed by atoms with Gasteiger partial charge in [-0.2, -0.15) is 0 Å². The van der Waals surface area contributed by atoms with Gasteiger partial charge in [0.05, 0.1) is 12.5 Å². The molecule has 21 heavy (non-hydrogen) atoms. The highest BCUT2D eigenvalue weighted by Crippen LogP contribution is 2.07. The molecule has 0 heterocycles. The zero-order chi connectivity index (χ0) is 15.9. The Morgan fingerprint density at radius 3 is 2.38 bits per heavy atom. The van der Waals surface area contributed by atoms with E-state index in [0.717, 1.165) is 5.56 Å². The van der Waals surface area contributed by atoms with Gasteiger partial charge in [-0.1, -0.05) is 30.3 Å². The van der Waals surface area contributed by atoms with Crippen LogP contribution in [0, 0.1) is 0 Å². The minimum absolute atomic E-state index is 0.116. The van der Waals surface area contributed by atoms with E-state index in [9.17, 15) is 9.59 Å². The van der Waals surface area contributed by atoms with Gasteiger partial charge in [-0.25, -0.2) is 4.79 Å². The van der Waals surface area contributed by atoms with E-state index in [4.69, 9.17) is 9.47 Å². The van der Waals surface area contributed by atoms with Crippen LogP contribution in [0.4, 0.5) is 4.79 Å². The van der Waals surface area contributed by atoms with Crippen molar-refractivity contribution >= 4 is 12.1 Å². The molecule has 1 aromatic carbocycles. The van der Waals surface area contributed by atoms with Crippen LogP contribution in [-0.2, 0) is 20.7 Å². The normalized spacial score (nSPS) is 12.4. The zero-order valence-corrected chi connectivity index (χ0v) is 13.0. The molecular formula is C16H23NO4. The van der Waals surface area contributed by atoms with Crippen molar-refractivity contribution in [1.29, 1.82) is 0 Å². The lowest BCUT2D eigenvalue weighted by molar-refractivity contribution is -0.143. The Labute approximate surface area is 125 Å². The Morgan fingerprint density at radius 1 is 1.19 bits per heavy atom. The summed E-state index contributed by atoms with van der Waals surface area (Å²) in [5, 5.41) is 2.62. The lowest BCUT2D eigenvalue weighted by Crippen LogP contribution is -2.40. The second-order valence-electron chi connectivity index (χ2n) is 5.89. The summed E-state index contributed by atoms with van der Waals surface area (Å²) in [7, 11) is 0. The molecule has 0 saturated carbocycles. The van der Waals surface area contributed by atoms with Crippen molar-refractivity contribution in [3.8, 4) is 0 Å². The van der Waals surface area contributed by atoms with Crippen LogP contribution in [0.1, 0.15) is 33.3 Å². The molecule has 5 nitrogen and oxygen atoms in total. The monoisotopic (exact) mass is 293 g/mol. The first kappa shape index (κ1) is 17.0. The molecule has 0 bridgehead atoms. The van der Waals surface area contributed by atoms with E-state index in [1.165, 1.54) is 0 Å². The molecule has 0 saturated heterocycles. The summed E-state index contributed by atoms with van der Waals surface area (Å²) in [6.45, 7) is 7.23. The van der Waals surface area contributed by atoms with Gasteiger partial charge in [-0.3, -0.25) is 4.79 Å². The van der Waals surface area contributed by atoms with E-state index in [0.29, 0.717) is 0 Å². The zero-order valence-electron chi connectivity index (χ0n) is 13.0. The number of ether oxygens (including phenoxy) is 2. The molecule has 5 heteroatoms. The summed E-state index contributed by atoms with van der Waals surface area (Å²) in [5.41, 5.74) is 0.351. The van der Waals surface area contributed by atoms with Crippen LogP contribution in [0.5, 0.6) is 0 Å². The topological polar surface area (TPSA) is 64.6 Å². The van der Waals surface area contributed by atoms with Gasteiger partial charge in [0.1, 0.15) is 12.2 Å². The second-order valence-corrected chi connectivity index (χ2v) is 5.89. The van der Waals surface area contributed by atoms with Crippen LogP contribution in [0.2, 0.25) is 0 Å². The van der Waals surface area contributed by atoms with Crippen molar-refractivity contribution in [3.05, 3.63) is 35.9 Å². The van der Waals surface area contributed by atoms with Crippen molar-refractivity contribution in [2.24, 2.45) is 0 Å². The quantitative estimate of drug-likeness (QED) is 0.848. The Hall–Kier alpha value is -2.04. The number of alkyl carbamates (subject to hydrolysis) is 1. The first-order valence-corrected chi connectivity index (χ1v) is 6.95. The van der Waals surface area contributed by atoms with Gasteiger partial charge in [0.2, 0.25) is 0 Å². The Balaban J connectivity index is 2.28. The third-order valence-electron chi connectivity index (χ3n) is 2.45. The minimum Gasteiger partial charge on any atom is -0.463 e. The molecule has 1 aromatic rings. The lowest BCUT2D eigenvalue weighted by atomic mass is 10.2. The van der Waals surface area contributed by atoms with Gasteiger partial charge in [-0.05, 0) is 33.3 Å². The highest BCUT2D eigenvalue weighted by molar-refractivity contribution is 5.72. The molecule has 1 amide bonds. The number of carbonyl (C=O) groups is 2. The number of hydrogen-bond acceptors (Lipinski definition) is 4. The highest BCUT2D eigenvalue weighted by Gasteiger charge is 2.18. The van der Waals surface area contributed by atoms with Gasteiger partial charge in [0.25, 0.3) is 0 Å². The number of nitrogens with one attached hydrogen (secondary N) is 1. The van der Waals surface area contributed by atoms with Crippen LogP contribution in [-0.4, -0.2) is 30.3 Å². The van der Waals surface area contributed by atoms with Crippen molar-refractivity contribution < 1.29 is 19.1 Å². The molecule has 0 aliphatic carbocycles. The summed E-state index contributed by atoms with van der Waals surface area (Å²) in [6.07, 6.45) is -0.297. The molecule has 0 fully saturated rings. The van der Waals surface area contributed by atoms with Crippen LogP contribution in [0.15, 0.2) is 30.3 Å². The predicted molar refractivity (Wildman–Crippen MR) is 79.9 cm³/mol. The van der Waals surface area contributed by atoms with Gasteiger partial charge >= 0.3 is 12.1 Å². The maximum atomic E-state index is 11.7. The third kappa shape index (κ3) is 7.97. The number of hydrogen-bond donors (Lipinski definition) is 1. The van der Waals surface area contributed by atoms with Crippen LogP contribution in [0.25, 0.3) is 0 Å². The van der Waals surface area contributed by atoms with Crippen LogP contribution in [0.3, 0.4) is 0 Å². The predicted octanol–water partition coefficient (Wildman–Crippen LogP) is 2.69. The average Bonchev–Trinajstić information content (AvgIpc) is 2.35. The SMILES string of the molecule is CC(COC(=O)Cc1ccccc1)NC(=O)OC(C)(C)C. The number of rotatable bonds is 5. The summed E-state index contributed by atoms with van der Waals surface area (Å²) in [4.78, 5) is 23.2. The molecule has 1 atom stereocenters. The fourth-order valence-corrected chi connectivity index (χ4v) is 1.58. The van der Waals surface area contributed by atoms with Crippen molar-refractivity contribution in [1.82, 2.24) is 5.32 Å². The van der Waals surface area contributed by atoms with E-state index in [1.807, 2.05) is 30.3 Å². The van der Waals surface area contributed by atoms with E-state index in [-0.39, 0.29) is 25.0 Å². The molecule has 0 aliphatic heterocycles. The molecule has 116 valence electrons. The van der Waals surface area contributed by atoms with Crippen molar-refractivity contribution in [3.63, 3.8) is 0 Å². The fraction of sp³-hybridized carbons (Fsp3) is 0.500. The van der Waals surface area contributed by atoms with E-state index in [1.54, 1.807) is 27.7 Å². The largest absolute Gasteiger partial charge is 0.463 e. The summed E-state index contributed by atoms with van der Waals surface area (Å²) in [6, 6.07) is 9.05. The molecular weight excluding hydrogens is 270 g/mol. The third-order valence-corrected chi connectivity index (χ3v) is 2.45. The number of esters is 1. The smallest absolute Gasteiger partial charge is 0.407 e. The van der Waals surface area contributed by atoms with Crippen molar-refractivity contribution in [2.45, 2.75) is 45.8 Å². The van der Waals surface area contributed by atoms with E-state index < -0.39 is 11.7 Å². The minimum atomic E-state index is -0.548. The van der Waals surface area contributed by atoms with Crippen LogP contribution < -0.4 is 5.32 Å². The number of carbonyl (C=O) groups excluding carboxylic acids is 2. The Bertz CT molecular complexity index is 465. The summed E-state index contributed by atoms with van der Waals surface area (Å²) < 4.78 is 10.2. The van der Waals surface area contributed by atoms with Crippen molar-refractivity contribution in [2.75, 3.05) is 6.61 Å². The van der Waals surface area contributed by atoms with Gasteiger partial charge in [-0.15, -0.1) is 0 Å². The second kappa shape index (κ2) is 7.67. The standard InChI is InChI=1S/C16H23NO4/c1-12(17-15(19)21-16(2,3)4)11-20-14(18)10-13-8-6-5-7-9-13/h5-9,12H,10-11H2,1-4H3,(H,17,19). The molecule has 0 radical (unpaired) electrons. The molecule has 0 spiro atoms. The molecule has 1 N–H and O–H groups in total. The molecule has 1 unspecified atom stereocenters. The van der Waals surface area contributed by atoms with E-state index >= 15 is 0 Å². The Morgan fingerprint density at radius 2 is 1.81 bits per heavy atom. The Kier molecular flexibility index (Phi) is 6.21. The average molecular weight is 293 g/mol. The summed E-state index contributed by atoms with van der Waals surface area (Å²) >= 11 is 0. The highest BCUT2D eigenvalue weighted by atomic mass is 16.6. The number of benzene rings is 1. The maximum absolute atomic E-state index is 11.7. The van der Waals surface area contributed by atoms with E-state index in [2.05, 4.69) is 5.32 Å².